The molecule has 16 heavy (non-hydrogen) atoms. The summed E-state index contributed by atoms with van der Waals surface area (Å²) in [4.78, 5) is 21.5. The lowest BCUT2D eigenvalue weighted by atomic mass is 9.86. The van der Waals surface area contributed by atoms with Gasteiger partial charge < -0.3 is 10.4 Å². The van der Waals surface area contributed by atoms with Crippen LogP contribution in [-0.4, -0.2) is 17.0 Å². The van der Waals surface area contributed by atoms with Crippen LogP contribution in [0.25, 0.3) is 0 Å². The molecule has 0 saturated heterocycles. The zero-order chi connectivity index (χ0) is 12.3. The van der Waals surface area contributed by atoms with Gasteiger partial charge in [-0.2, -0.15) is 0 Å². The highest BCUT2D eigenvalue weighted by Crippen LogP contribution is 2.29. The molecule has 0 fully saturated rings. The maximum absolute atomic E-state index is 11.1. The van der Waals surface area contributed by atoms with Crippen molar-refractivity contribution >= 4 is 17.6 Å². The quantitative estimate of drug-likeness (QED) is 0.713. The third-order valence-corrected chi connectivity index (χ3v) is 2.18. The lowest BCUT2D eigenvalue weighted by Crippen LogP contribution is -2.24. The van der Waals surface area contributed by atoms with Crippen molar-refractivity contribution in [3.05, 3.63) is 29.8 Å². The Labute approximate surface area is 94.3 Å². The van der Waals surface area contributed by atoms with Gasteiger partial charge in [0.15, 0.2) is 0 Å². The number of benzene rings is 1. The van der Waals surface area contributed by atoms with Gasteiger partial charge in [0.25, 0.3) is 0 Å². The number of hydrogen-bond acceptors (Lipinski definition) is 2. The second kappa shape index (κ2) is 4.35. The van der Waals surface area contributed by atoms with Crippen LogP contribution in [0.4, 0.5) is 5.69 Å². The van der Waals surface area contributed by atoms with Gasteiger partial charge in [-0.3, -0.25) is 4.79 Å². The van der Waals surface area contributed by atoms with Crippen molar-refractivity contribution < 1.29 is 14.7 Å². The van der Waals surface area contributed by atoms with Crippen molar-refractivity contribution in [2.24, 2.45) is 0 Å². The molecule has 0 spiro atoms. The highest BCUT2D eigenvalue weighted by molar-refractivity contribution is 6.36. The van der Waals surface area contributed by atoms with E-state index in [1.165, 1.54) is 0 Å². The molecule has 0 aliphatic rings. The number of rotatable bonds is 1. The number of hydrogen-bond donors (Lipinski definition) is 2. The molecule has 4 nitrogen and oxygen atoms in total. The van der Waals surface area contributed by atoms with Crippen LogP contribution in [0.5, 0.6) is 0 Å². The Morgan fingerprint density at radius 1 is 1.19 bits per heavy atom. The molecular formula is C12H15NO3. The average molecular weight is 221 g/mol. The number of carbonyl (C=O) groups excluding carboxylic acids is 1. The van der Waals surface area contributed by atoms with E-state index in [2.05, 4.69) is 5.32 Å². The van der Waals surface area contributed by atoms with Gasteiger partial charge in [0.1, 0.15) is 0 Å². The third kappa shape index (κ3) is 2.82. The summed E-state index contributed by atoms with van der Waals surface area (Å²) in [6.45, 7) is 6.00. The summed E-state index contributed by atoms with van der Waals surface area (Å²) in [6.07, 6.45) is 0. The SMILES string of the molecule is CC(C)(C)c1ccccc1NC(=O)C(=O)O. The van der Waals surface area contributed by atoms with Crippen LogP contribution in [0.15, 0.2) is 24.3 Å². The molecule has 0 saturated carbocycles. The van der Waals surface area contributed by atoms with Gasteiger partial charge in [-0.25, -0.2) is 4.79 Å². The van der Waals surface area contributed by atoms with E-state index in [4.69, 9.17) is 5.11 Å². The van der Waals surface area contributed by atoms with Crippen molar-refractivity contribution in [2.75, 3.05) is 5.32 Å². The van der Waals surface area contributed by atoms with Gasteiger partial charge in [-0.1, -0.05) is 39.0 Å². The molecule has 0 radical (unpaired) electrons. The summed E-state index contributed by atoms with van der Waals surface area (Å²) in [5.41, 5.74) is 1.30. The van der Waals surface area contributed by atoms with Crippen molar-refractivity contribution in [3.8, 4) is 0 Å². The second-order valence-corrected chi connectivity index (χ2v) is 4.55. The summed E-state index contributed by atoms with van der Waals surface area (Å²) < 4.78 is 0. The van der Waals surface area contributed by atoms with Crippen LogP contribution in [-0.2, 0) is 15.0 Å². The normalized spacial score (nSPS) is 10.9. The molecule has 0 atom stereocenters. The van der Waals surface area contributed by atoms with Gasteiger partial charge in [-0.05, 0) is 17.0 Å². The minimum atomic E-state index is -1.48. The molecule has 1 amide bonds. The van der Waals surface area contributed by atoms with E-state index in [0.717, 1.165) is 5.56 Å². The van der Waals surface area contributed by atoms with Gasteiger partial charge in [0.2, 0.25) is 0 Å². The van der Waals surface area contributed by atoms with Gasteiger partial charge in [0.05, 0.1) is 0 Å². The maximum Gasteiger partial charge on any atom is 0.394 e. The molecule has 0 unspecified atom stereocenters. The van der Waals surface area contributed by atoms with Crippen LogP contribution in [0.1, 0.15) is 26.3 Å². The van der Waals surface area contributed by atoms with Gasteiger partial charge in [-0.15, -0.1) is 0 Å². The topological polar surface area (TPSA) is 66.4 Å². The smallest absolute Gasteiger partial charge is 0.394 e. The summed E-state index contributed by atoms with van der Waals surface area (Å²) in [5.74, 6) is -2.50. The number of carbonyl (C=O) groups is 2. The predicted octanol–water partition coefficient (Wildman–Crippen LogP) is 2.01. The minimum Gasteiger partial charge on any atom is -0.474 e. The Morgan fingerprint density at radius 2 is 1.75 bits per heavy atom. The fourth-order valence-electron chi connectivity index (χ4n) is 1.42. The van der Waals surface area contributed by atoms with Crippen molar-refractivity contribution in [1.82, 2.24) is 0 Å². The number of amides is 1. The molecule has 1 aromatic carbocycles. The van der Waals surface area contributed by atoms with E-state index in [1.54, 1.807) is 12.1 Å². The highest BCUT2D eigenvalue weighted by atomic mass is 16.4. The number of aliphatic carboxylic acids is 1. The number of nitrogens with one attached hydrogen (secondary N) is 1. The molecule has 2 N–H and O–H groups in total. The first-order valence-electron chi connectivity index (χ1n) is 4.96. The number of para-hydroxylation sites is 1. The van der Waals surface area contributed by atoms with Gasteiger partial charge >= 0.3 is 11.9 Å². The second-order valence-electron chi connectivity index (χ2n) is 4.55. The van der Waals surface area contributed by atoms with Crippen molar-refractivity contribution in [1.29, 1.82) is 0 Å². The standard InChI is InChI=1S/C12H15NO3/c1-12(2,3)8-6-4-5-7-9(8)13-10(14)11(15)16/h4-7H,1-3H3,(H,13,14)(H,15,16). The fraction of sp³-hybridized carbons (Fsp3) is 0.333. The van der Waals surface area contributed by atoms with E-state index < -0.39 is 11.9 Å². The Hall–Kier alpha value is -1.84. The molecule has 1 aromatic rings. The van der Waals surface area contributed by atoms with E-state index in [0.29, 0.717) is 5.69 Å². The van der Waals surface area contributed by atoms with E-state index in [9.17, 15) is 9.59 Å². The van der Waals surface area contributed by atoms with Crippen LogP contribution >= 0.6 is 0 Å². The van der Waals surface area contributed by atoms with Crippen LogP contribution in [0.2, 0.25) is 0 Å². The van der Waals surface area contributed by atoms with Crippen molar-refractivity contribution in [2.45, 2.75) is 26.2 Å². The number of carboxylic acids is 1. The van der Waals surface area contributed by atoms with Crippen LogP contribution < -0.4 is 5.32 Å². The summed E-state index contributed by atoms with van der Waals surface area (Å²) in [7, 11) is 0. The zero-order valence-electron chi connectivity index (χ0n) is 9.57. The maximum atomic E-state index is 11.1. The Bertz CT molecular complexity index is 419. The first-order valence-corrected chi connectivity index (χ1v) is 4.96. The molecule has 4 heteroatoms. The zero-order valence-corrected chi connectivity index (χ0v) is 9.57. The Morgan fingerprint density at radius 3 is 2.25 bits per heavy atom. The van der Waals surface area contributed by atoms with Gasteiger partial charge in [0, 0.05) is 5.69 Å². The molecule has 0 aliphatic heterocycles. The molecule has 86 valence electrons. The Balaban J connectivity index is 3.05. The number of carboxylic acid groups (broad SMARTS) is 1. The van der Waals surface area contributed by atoms with E-state index in [-0.39, 0.29) is 5.41 Å². The largest absolute Gasteiger partial charge is 0.474 e. The highest BCUT2D eigenvalue weighted by Gasteiger charge is 2.20. The van der Waals surface area contributed by atoms with Crippen LogP contribution in [0, 0.1) is 0 Å². The summed E-state index contributed by atoms with van der Waals surface area (Å²) in [6, 6.07) is 7.18. The van der Waals surface area contributed by atoms with Crippen molar-refractivity contribution in [3.63, 3.8) is 0 Å². The van der Waals surface area contributed by atoms with E-state index >= 15 is 0 Å². The fourth-order valence-corrected chi connectivity index (χ4v) is 1.42. The summed E-state index contributed by atoms with van der Waals surface area (Å²) in [5, 5.41) is 10.9. The molecule has 0 aliphatic carbocycles. The summed E-state index contributed by atoms with van der Waals surface area (Å²) >= 11 is 0. The third-order valence-electron chi connectivity index (χ3n) is 2.18. The molecule has 1 rings (SSSR count). The monoisotopic (exact) mass is 221 g/mol. The lowest BCUT2D eigenvalue weighted by Gasteiger charge is -2.22. The average Bonchev–Trinajstić information content (AvgIpc) is 2.16. The number of anilines is 1. The molecule has 0 bridgehead atoms. The molecule has 0 heterocycles. The van der Waals surface area contributed by atoms with Crippen LogP contribution in [0.3, 0.4) is 0 Å². The Kier molecular flexibility index (Phi) is 3.32. The molecular weight excluding hydrogens is 206 g/mol. The predicted molar refractivity (Wildman–Crippen MR) is 61.4 cm³/mol. The lowest BCUT2D eigenvalue weighted by molar-refractivity contribution is -0.147. The first kappa shape index (κ1) is 12.2. The first-order chi connectivity index (χ1) is 7.32. The minimum absolute atomic E-state index is 0.150. The van der Waals surface area contributed by atoms with E-state index in [1.807, 2.05) is 32.9 Å². The molecule has 0 aromatic heterocycles.